The monoisotopic (exact) mass is 420 g/mol. The zero-order valence-corrected chi connectivity index (χ0v) is 17.2. The van der Waals surface area contributed by atoms with Crippen molar-refractivity contribution in [1.29, 1.82) is 0 Å². The first-order valence-electron chi connectivity index (χ1n) is 10.5. The Balaban J connectivity index is 1.92. The highest BCUT2D eigenvalue weighted by molar-refractivity contribution is 5.07. The van der Waals surface area contributed by atoms with Gasteiger partial charge in [-0.05, 0) is 38.0 Å². The lowest BCUT2D eigenvalue weighted by molar-refractivity contribution is -0.336. The van der Waals surface area contributed by atoms with Crippen molar-refractivity contribution in [3.63, 3.8) is 0 Å². The van der Waals surface area contributed by atoms with Gasteiger partial charge in [0, 0.05) is 11.8 Å². The average Bonchev–Trinajstić information content (AvgIpc) is 2.65. The molecule has 0 aromatic heterocycles. The maximum absolute atomic E-state index is 11.1. The molecular formula is C20H36O9. The Hall–Kier alpha value is -0.360. The summed E-state index contributed by atoms with van der Waals surface area (Å²) in [6.07, 6.45) is -8.24. The van der Waals surface area contributed by atoms with Gasteiger partial charge in [-0.3, -0.25) is 0 Å². The van der Waals surface area contributed by atoms with Crippen LogP contribution in [-0.4, -0.2) is 97.0 Å². The lowest BCUT2D eigenvalue weighted by Crippen LogP contribution is -2.65. The molecule has 2 aliphatic carbocycles. The molecule has 29 heavy (non-hydrogen) atoms. The number of hydrogen-bond acceptors (Lipinski definition) is 9. The van der Waals surface area contributed by atoms with E-state index in [1.54, 1.807) is 6.92 Å². The molecule has 9 nitrogen and oxygen atoms in total. The van der Waals surface area contributed by atoms with Gasteiger partial charge in [0.05, 0.1) is 30.5 Å². The van der Waals surface area contributed by atoms with E-state index in [2.05, 4.69) is 0 Å². The average molecular weight is 420 g/mol. The molecule has 7 N–H and O–H groups in total. The van der Waals surface area contributed by atoms with Gasteiger partial charge in [0.1, 0.15) is 24.4 Å². The van der Waals surface area contributed by atoms with Crippen LogP contribution in [0.3, 0.4) is 0 Å². The summed E-state index contributed by atoms with van der Waals surface area (Å²) < 4.78 is 11.7. The minimum atomic E-state index is -1.56. The number of fused-ring (bicyclic) bond motifs is 1. The summed E-state index contributed by atoms with van der Waals surface area (Å²) in [7, 11) is 0. The van der Waals surface area contributed by atoms with Crippen molar-refractivity contribution in [1.82, 2.24) is 0 Å². The van der Waals surface area contributed by atoms with Crippen LogP contribution in [0.25, 0.3) is 0 Å². The Bertz CT molecular complexity index is 554. The highest BCUT2D eigenvalue weighted by Crippen LogP contribution is 2.51. The predicted molar refractivity (Wildman–Crippen MR) is 100 cm³/mol. The lowest BCUT2D eigenvalue weighted by atomic mass is 9.56. The molecule has 1 saturated heterocycles. The highest BCUT2D eigenvalue weighted by atomic mass is 16.7. The molecule has 170 valence electrons. The summed E-state index contributed by atoms with van der Waals surface area (Å²) in [5.74, 6) is -1.34. The summed E-state index contributed by atoms with van der Waals surface area (Å²) in [5.41, 5.74) is -1.21. The number of ether oxygens (including phenoxy) is 2. The number of hydrogen-bond donors (Lipinski definition) is 7. The third-order valence-corrected chi connectivity index (χ3v) is 7.25. The summed E-state index contributed by atoms with van der Waals surface area (Å²) >= 11 is 0. The van der Waals surface area contributed by atoms with Crippen molar-refractivity contribution >= 4 is 0 Å². The minimum Gasteiger partial charge on any atom is -0.394 e. The number of rotatable bonds is 4. The van der Waals surface area contributed by atoms with Crippen molar-refractivity contribution in [2.45, 2.75) is 94.7 Å². The first-order chi connectivity index (χ1) is 13.5. The third-order valence-electron chi connectivity index (χ3n) is 7.25. The van der Waals surface area contributed by atoms with Gasteiger partial charge in [0.25, 0.3) is 0 Å². The Morgan fingerprint density at radius 2 is 1.69 bits per heavy atom. The van der Waals surface area contributed by atoms with E-state index in [1.807, 2.05) is 13.8 Å². The van der Waals surface area contributed by atoms with Crippen molar-refractivity contribution in [2.24, 2.45) is 23.7 Å². The first kappa shape index (κ1) is 23.3. The van der Waals surface area contributed by atoms with Crippen LogP contribution in [0, 0.1) is 23.7 Å². The molecule has 0 unspecified atom stereocenters. The Labute approximate surface area is 170 Å². The maximum Gasteiger partial charge on any atom is 0.186 e. The van der Waals surface area contributed by atoms with Crippen molar-refractivity contribution in [3.8, 4) is 0 Å². The van der Waals surface area contributed by atoms with E-state index in [0.717, 1.165) is 0 Å². The smallest absolute Gasteiger partial charge is 0.186 e. The van der Waals surface area contributed by atoms with Gasteiger partial charge in [-0.15, -0.1) is 0 Å². The number of aliphatic hydroxyl groups is 7. The molecular weight excluding hydrogens is 384 g/mol. The van der Waals surface area contributed by atoms with Crippen LogP contribution in [0.5, 0.6) is 0 Å². The second-order valence-electron chi connectivity index (χ2n) is 9.58. The summed E-state index contributed by atoms with van der Waals surface area (Å²) in [5, 5.41) is 72.4. The summed E-state index contributed by atoms with van der Waals surface area (Å²) in [6, 6.07) is 0. The molecule has 2 saturated carbocycles. The van der Waals surface area contributed by atoms with Crippen LogP contribution in [-0.2, 0) is 9.47 Å². The Kier molecular flexibility index (Phi) is 6.95. The van der Waals surface area contributed by atoms with Gasteiger partial charge in [-0.2, -0.15) is 0 Å². The highest BCUT2D eigenvalue weighted by Gasteiger charge is 2.58. The second-order valence-corrected chi connectivity index (χ2v) is 9.58. The Morgan fingerprint density at radius 1 is 1.03 bits per heavy atom. The van der Waals surface area contributed by atoms with Gasteiger partial charge in [-0.25, -0.2) is 0 Å². The minimum absolute atomic E-state index is 0.0651. The molecule has 3 fully saturated rings. The van der Waals surface area contributed by atoms with E-state index in [0.29, 0.717) is 19.3 Å². The summed E-state index contributed by atoms with van der Waals surface area (Å²) in [6.45, 7) is 5.03. The van der Waals surface area contributed by atoms with Gasteiger partial charge < -0.3 is 45.2 Å². The van der Waals surface area contributed by atoms with Crippen LogP contribution in [0.1, 0.15) is 40.0 Å². The van der Waals surface area contributed by atoms with E-state index < -0.39 is 73.1 Å². The quantitative estimate of drug-likeness (QED) is 0.283. The molecule has 3 aliphatic rings. The van der Waals surface area contributed by atoms with Gasteiger partial charge in [0.2, 0.25) is 0 Å². The largest absolute Gasteiger partial charge is 0.394 e. The van der Waals surface area contributed by atoms with Crippen LogP contribution in [0.2, 0.25) is 0 Å². The SMILES string of the molecule is CC(C)[C@@H]1C[C@H](O)[C@H]2[C@H]([C@@H]1O[C@@H]1O[C@H](CO)[C@@H](O)[C@H](O)[C@H]1O)[C@@](C)(O)CC[C@@H]2O. The van der Waals surface area contributed by atoms with E-state index in [-0.39, 0.29) is 11.8 Å². The molecule has 9 heteroatoms. The van der Waals surface area contributed by atoms with Crippen LogP contribution in [0.4, 0.5) is 0 Å². The zero-order chi connectivity index (χ0) is 21.7. The van der Waals surface area contributed by atoms with Crippen molar-refractivity contribution in [3.05, 3.63) is 0 Å². The topological polar surface area (TPSA) is 160 Å². The van der Waals surface area contributed by atoms with Gasteiger partial charge >= 0.3 is 0 Å². The van der Waals surface area contributed by atoms with Crippen molar-refractivity contribution in [2.75, 3.05) is 6.61 Å². The molecule has 0 aromatic carbocycles. The second kappa shape index (κ2) is 8.64. The van der Waals surface area contributed by atoms with Crippen LogP contribution in [0.15, 0.2) is 0 Å². The normalized spacial score (nSPS) is 53.7. The molecule has 0 aromatic rings. The van der Waals surface area contributed by atoms with E-state index in [1.165, 1.54) is 0 Å². The summed E-state index contributed by atoms with van der Waals surface area (Å²) in [4.78, 5) is 0. The zero-order valence-electron chi connectivity index (χ0n) is 17.2. The van der Waals surface area contributed by atoms with Gasteiger partial charge in [-0.1, -0.05) is 13.8 Å². The molecule has 0 amide bonds. The van der Waals surface area contributed by atoms with E-state index in [9.17, 15) is 35.7 Å². The molecule has 1 heterocycles. The van der Waals surface area contributed by atoms with E-state index in [4.69, 9.17) is 9.47 Å². The fourth-order valence-corrected chi connectivity index (χ4v) is 5.53. The van der Waals surface area contributed by atoms with Crippen LogP contribution < -0.4 is 0 Å². The maximum atomic E-state index is 11.1. The van der Waals surface area contributed by atoms with Crippen molar-refractivity contribution < 1.29 is 45.2 Å². The molecule has 12 atom stereocenters. The fourth-order valence-electron chi connectivity index (χ4n) is 5.53. The molecule has 1 aliphatic heterocycles. The molecule has 0 spiro atoms. The molecule has 0 bridgehead atoms. The van der Waals surface area contributed by atoms with E-state index >= 15 is 0 Å². The molecule has 3 rings (SSSR count). The first-order valence-corrected chi connectivity index (χ1v) is 10.5. The molecule has 0 radical (unpaired) electrons. The number of aliphatic hydroxyl groups excluding tert-OH is 6. The van der Waals surface area contributed by atoms with Crippen LogP contribution >= 0.6 is 0 Å². The fraction of sp³-hybridized carbons (Fsp3) is 1.00. The Morgan fingerprint density at radius 3 is 2.28 bits per heavy atom. The van der Waals surface area contributed by atoms with Gasteiger partial charge in [0.15, 0.2) is 6.29 Å². The predicted octanol–water partition coefficient (Wildman–Crippen LogP) is -1.65. The standard InChI is InChI=1S/C20H36O9/c1-8(2)9-6-11(23)13-10(22)4-5-20(3,27)14(13)18(9)29-19-17(26)16(25)15(24)12(7-21)28-19/h8-19,21-27H,4-7H2,1-3H3/t9-,10-,11-,12+,13-,14+,15+,16-,17+,18+,19-,20-/m0/s1. The third kappa shape index (κ3) is 4.22. The lowest BCUT2D eigenvalue weighted by Gasteiger charge is -2.56.